The third-order valence-electron chi connectivity index (χ3n) is 7.78. The molecule has 2 aliphatic rings. The highest BCUT2D eigenvalue weighted by Crippen LogP contribution is 2.53. The van der Waals surface area contributed by atoms with Gasteiger partial charge in [0.1, 0.15) is 5.52 Å². The van der Waals surface area contributed by atoms with Crippen LogP contribution in [0.3, 0.4) is 0 Å². The minimum atomic E-state index is -4.42. The number of carbonyl (C=O) groups is 1. The molecule has 2 aliphatic carbocycles. The number of benzene rings is 1. The second-order valence-electron chi connectivity index (χ2n) is 10.4. The van der Waals surface area contributed by atoms with Gasteiger partial charge in [-0.1, -0.05) is 18.6 Å². The van der Waals surface area contributed by atoms with Crippen LogP contribution in [-0.4, -0.2) is 36.1 Å². The largest absolute Gasteiger partial charge is 0.475 e. The molecule has 2 saturated carbocycles. The molecule has 196 valence electrons. The standard InChI is InChI=1S/C28H26F3N5O2/c1-16-9-12-32-20(13-16)22-14-21-23(36(22)15-17-5-7-19(8-6-17)28(29,30)31)24(34-25(33-21)26(37)38)35-27(10-11-27)18-3-2-4-18/h5-9,12-14,18H,2-4,10-11,15H2,1H3,(H,37,38)(H,33,34,35). The zero-order valence-corrected chi connectivity index (χ0v) is 20.7. The van der Waals surface area contributed by atoms with Crippen molar-refractivity contribution >= 4 is 22.8 Å². The molecule has 0 aliphatic heterocycles. The van der Waals surface area contributed by atoms with Gasteiger partial charge in [0.05, 0.1) is 22.5 Å². The van der Waals surface area contributed by atoms with E-state index in [0.29, 0.717) is 39.7 Å². The van der Waals surface area contributed by atoms with Crippen LogP contribution in [0.25, 0.3) is 22.4 Å². The fraction of sp³-hybridized carbons (Fsp3) is 0.357. The Bertz CT molecular complexity index is 1540. The van der Waals surface area contributed by atoms with Gasteiger partial charge in [0, 0.05) is 18.3 Å². The molecule has 6 rings (SSSR count). The Kier molecular flexibility index (Phi) is 5.66. The number of alkyl halides is 3. The van der Waals surface area contributed by atoms with Crippen molar-refractivity contribution in [2.75, 3.05) is 5.32 Å². The predicted octanol–water partition coefficient (Wildman–Crippen LogP) is 6.31. The topological polar surface area (TPSA) is 92.9 Å². The Morgan fingerprint density at radius 1 is 1.13 bits per heavy atom. The van der Waals surface area contributed by atoms with E-state index in [4.69, 9.17) is 0 Å². The smallest absolute Gasteiger partial charge is 0.416 e. The summed E-state index contributed by atoms with van der Waals surface area (Å²) in [7, 11) is 0. The van der Waals surface area contributed by atoms with Gasteiger partial charge in [-0.15, -0.1) is 0 Å². The molecule has 2 fully saturated rings. The van der Waals surface area contributed by atoms with Crippen molar-refractivity contribution in [2.24, 2.45) is 5.92 Å². The van der Waals surface area contributed by atoms with Crippen molar-refractivity contribution in [3.8, 4) is 11.4 Å². The lowest BCUT2D eigenvalue weighted by molar-refractivity contribution is -0.137. The fourth-order valence-electron chi connectivity index (χ4n) is 5.35. The minimum Gasteiger partial charge on any atom is -0.475 e. The molecule has 0 spiro atoms. The summed E-state index contributed by atoms with van der Waals surface area (Å²) in [6, 6.07) is 10.6. The van der Waals surface area contributed by atoms with Crippen LogP contribution in [0.1, 0.15) is 59.4 Å². The number of aryl methyl sites for hydroxylation is 1. The molecule has 7 nitrogen and oxygen atoms in total. The van der Waals surface area contributed by atoms with Crippen LogP contribution >= 0.6 is 0 Å². The molecule has 2 N–H and O–H groups in total. The van der Waals surface area contributed by atoms with Crippen LogP contribution in [0.2, 0.25) is 0 Å². The normalized spacial score (nSPS) is 16.8. The number of hydrogen-bond acceptors (Lipinski definition) is 5. The van der Waals surface area contributed by atoms with Gasteiger partial charge in [-0.3, -0.25) is 4.98 Å². The van der Waals surface area contributed by atoms with Crippen LogP contribution in [0.4, 0.5) is 19.0 Å². The number of aromatic carboxylic acids is 1. The minimum absolute atomic E-state index is 0.111. The van der Waals surface area contributed by atoms with Crippen molar-refractivity contribution < 1.29 is 23.1 Å². The molecule has 10 heteroatoms. The third-order valence-corrected chi connectivity index (χ3v) is 7.78. The molecular formula is C28H26F3N5O2. The lowest BCUT2D eigenvalue weighted by Crippen LogP contribution is -2.36. The zero-order chi connectivity index (χ0) is 26.7. The lowest BCUT2D eigenvalue weighted by Gasteiger charge is -2.35. The van der Waals surface area contributed by atoms with Gasteiger partial charge >= 0.3 is 12.1 Å². The highest BCUT2D eigenvalue weighted by molar-refractivity contribution is 5.95. The molecule has 38 heavy (non-hydrogen) atoms. The summed E-state index contributed by atoms with van der Waals surface area (Å²) >= 11 is 0. The molecular weight excluding hydrogens is 495 g/mol. The van der Waals surface area contributed by atoms with Crippen LogP contribution in [-0.2, 0) is 12.7 Å². The number of fused-ring (bicyclic) bond motifs is 1. The average Bonchev–Trinajstić information content (AvgIpc) is 3.49. The van der Waals surface area contributed by atoms with Gasteiger partial charge in [-0.2, -0.15) is 13.2 Å². The van der Waals surface area contributed by atoms with Crippen LogP contribution in [0, 0.1) is 12.8 Å². The van der Waals surface area contributed by atoms with Gasteiger partial charge in [-0.25, -0.2) is 14.8 Å². The monoisotopic (exact) mass is 521 g/mol. The van der Waals surface area contributed by atoms with Crippen molar-refractivity contribution in [3.05, 3.63) is 71.2 Å². The predicted molar refractivity (Wildman–Crippen MR) is 136 cm³/mol. The van der Waals surface area contributed by atoms with E-state index < -0.39 is 17.7 Å². The molecule has 0 radical (unpaired) electrons. The van der Waals surface area contributed by atoms with Crippen molar-refractivity contribution in [1.29, 1.82) is 0 Å². The number of aromatic nitrogens is 4. The highest BCUT2D eigenvalue weighted by Gasteiger charge is 2.51. The lowest BCUT2D eigenvalue weighted by atomic mass is 9.78. The second-order valence-corrected chi connectivity index (χ2v) is 10.4. The first-order valence-corrected chi connectivity index (χ1v) is 12.6. The summed E-state index contributed by atoms with van der Waals surface area (Å²) in [6.07, 6.45) is 2.66. The highest BCUT2D eigenvalue weighted by atomic mass is 19.4. The van der Waals surface area contributed by atoms with Crippen molar-refractivity contribution in [1.82, 2.24) is 19.5 Å². The maximum Gasteiger partial charge on any atom is 0.416 e. The Morgan fingerprint density at radius 2 is 1.87 bits per heavy atom. The number of pyridine rings is 1. The molecule has 0 bridgehead atoms. The Labute approximate surface area is 216 Å². The van der Waals surface area contributed by atoms with Crippen LogP contribution in [0.15, 0.2) is 48.7 Å². The third kappa shape index (κ3) is 4.37. The molecule has 0 saturated heterocycles. The maximum atomic E-state index is 13.2. The number of anilines is 1. The number of halogens is 3. The average molecular weight is 522 g/mol. The SMILES string of the molecule is Cc1ccnc(-c2cc3nc(C(=O)O)nc(NC4(C5CCC5)CC4)c3n2Cc2ccc(C(F)(F)F)cc2)c1. The fourth-order valence-corrected chi connectivity index (χ4v) is 5.35. The van der Waals surface area contributed by atoms with E-state index >= 15 is 0 Å². The Hall–Kier alpha value is -3.95. The molecule has 3 heterocycles. The summed E-state index contributed by atoms with van der Waals surface area (Å²) in [6.45, 7) is 2.17. The molecule has 1 aromatic carbocycles. The molecule has 0 atom stereocenters. The number of carboxylic acid groups (broad SMARTS) is 1. The summed E-state index contributed by atoms with van der Waals surface area (Å²) in [5.74, 6) is -0.589. The molecule has 0 unspecified atom stereocenters. The van der Waals surface area contributed by atoms with E-state index in [-0.39, 0.29) is 17.9 Å². The van der Waals surface area contributed by atoms with Crippen LogP contribution < -0.4 is 5.32 Å². The van der Waals surface area contributed by atoms with E-state index in [1.54, 1.807) is 12.3 Å². The quantitative estimate of drug-likeness (QED) is 0.296. The Balaban J connectivity index is 1.52. The van der Waals surface area contributed by atoms with Gasteiger partial charge in [-0.05, 0) is 80.0 Å². The first kappa shape index (κ1) is 24.4. The van der Waals surface area contributed by atoms with Crippen molar-refractivity contribution in [2.45, 2.75) is 57.3 Å². The number of nitrogens with one attached hydrogen (secondary N) is 1. The van der Waals surface area contributed by atoms with Gasteiger partial charge in [0.15, 0.2) is 5.82 Å². The van der Waals surface area contributed by atoms with E-state index in [9.17, 15) is 23.1 Å². The van der Waals surface area contributed by atoms with E-state index in [1.807, 2.05) is 23.6 Å². The van der Waals surface area contributed by atoms with Gasteiger partial charge in [0.2, 0.25) is 5.82 Å². The number of rotatable bonds is 7. The first-order valence-electron chi connectivity index (χ1n) is 12.6. The second kappa shape index (κ2) is 8.82. The number of carboxylic acids is 1. The van der Waals surface area contributed by atoms with E-state index in [2.05, 4.69) is 20.3 Å². The molecule has 0 amide bonds. The van der Waals surface area contributed by atoms with Crippen molar-refractivity contribution in [3.63, 3.8) is 0 Å². The number of nitrogens with zero attached hydrogens (tertiary/aromatic N) is 4. The summed E-state index contributed by atoms with van der Waals surface area (Å²) in [4.78, 5) is 25.2. The maximum absolute atomic E-state index is 13.2. The first-order chi connectivity index (χ1) is 18.1. The number of hydrogen-bond donors (Lipinski definition) is 2. The summed E-state index contributed by atoms with van der Waals surface area (Å²) in [5, 5.41) is 13.3. The zero-order valence-electron chi connectivity index (χ0n) is 20.7. The van der Waals surface area contributed by atoms with Gasteiger partial charge in [0.25, 0.3) is 0 Å². The Morgan fingerprint density at radius 3 is 2.45 bits per heavy atom. The van der Waals surface area contributed by atoms with Gasteiger partial charge < -0.3 is 15.0 Å². The van der Waals surface area contributed by atoms with E-state index in [0.717, 1.165) is 43.4 Å². The summed E-state index contributed by atoms with van der Waals surface area (Å²) in [5.41, 5.74) is 3.19. The molecule has 3 aromatic heterocycles. The summed E-state index contributed by atoms with van der Waals surface area (Å²) < 4.78 is 41.4. The van der Waals surface area contributed by atoms with Crippen LogP contribution in [0.5, 0.6) is 0 Å². The van der Waals surface area contributed by atoms with E-state index in [1.165, 1.54) is 18.6 Å². The molecule has 4 aromatic rings.